The third-order valence-electron chi connectivity index (χ3n) is 4.68. The van der Waals surface area contributed by atoms with Crippen LogP contribution in [0.1, 0.15) is 21.6 Å². The number of nitrogens with one attached hydrogen (secondary N) is 2. The van der Waals surface area contributed by atoms with E-state index in [0.717, 1.165) is 33.9 Å². The molecule has 0 unspecified atom stereocenters. The summed E-state index contributed by atoms with van der Waals surface area (Å²) in [7, 11) is 0. The van der Waals surface area contributed by atoms with Crippen LogP contribution < -0.4 is 20.1 Å². The van der Waals surface area contributed by atoms with Crippen molar-refractivity contribution in [2.45, 2.75) is 13.8 Å². The highest BCUT2D eigenvalue weighted by atomic mass is 16.6. The number of ether oxygens (including phenoxy) is 2. The van der Waals surface area contributed by atoms with E-state index in [1.54, 1.807) is 12.3 Å². The molecule has 2 N–H and O–H groups in total. The summed E-state index contributed by atoms with van der Waals surface area (Å²) in [5.74, 6) is 1.22. The predicted molar refractivity (Wildman–Crippen MR) is 109 cm³/mol. The van der Waals surface area contributed by atoms with E-state index in [1.165, 1.54) is 0 Å². The molecular formula is C22H21N3O3. The molecule has 4 rings (SSSR count). The minimum absolute atomic E-state index is 0.237. The number of carbonyl (C=O) groups excluding carboxylic acids is 1. The maximum Gasteiger partial charge on any atom is 0.274 e. The first-order chi connectivity index (χ1) is 13.6. The van der Waals surface area contributed by atoms with Gasteiger partial charge in [0.2, 0.25) is 0 Å². The number of carbonyl (C=O) groups is 1. The van der Waals surface area contributed by atoms with E-state index in [0.29, 0.717) is 24.7 Å². The highest BCUT2D eigenvalue weighted by Gasteiger charge is 2.13. The Kier molecular flexibility index (Phi) is 4.85. The van der Waals surface area contributed by atoms with Crippen LogP contribution in [0.2, 0.25) is 0 Å². The normalized spacial score (nSPS) is 12.4. The van der Waals surface area contributed by atoms with Crippen LogP contribution in [0.5, 0.6) is 11.5 Å². The van der Waals surface area contributed by atoms with Crippen molar-refractivity contribution in [1.82, 2.24) is 4.98 Å². The number of fused-ring (bicyclic) bond motifs is 1. The van der Waals surface area contributed by atoms with Gasteiger partial charge in [0.1, 0.15) is 18.9 Å². The molecule has 28 heavy (non-hydrogen) atoms. The molecule has 142 valence electrons. The number of nitrogens with zero attached hydrogens (tertiary/aromatic N) is 1. The summed E-state index contributed by atoms with van der Waals surface area (Å²) >= 11 is 0. The van der Waals surface area contributed by atoms with E-state index in [-0.39, 0.29) is 5.91 Å². The fraction of sp³-hybridized carbons (Fsp3) is 0.182. The first-order valence-electron chi connectivity index (χ1n) is 9.10. The quantitative estimate of drug-likeness (QED) is 0.704. The molecule has 6 heteroatoms. The van der Waals surface area contributed by atoms with E-state index >= 15 is 0 Å². The molecule has 0 atom stereocenters. The summed E-state index contributed by atoms with van der Waals surface area (Å²) in [6.07, 6.45) is 1.63. The maximum absolute atomic E-state index is 12.5. The van der Waals surface area contributed by atoms with Gasteiger partial charge in [-0.2, -0.15) is 0 Å². The van der Waals surface area contributed by atoms with E-state index in [4.69, 9.17) is 9.47 Å². The van der Waals surface area contributed by atoms with Gasteiger partial charge in [-0.25, -0.2) is 4.98 Å². The Morgan fingerprint density at radius 2 is 1.75 bits per heavy atom. The number of benzene rings is 2. The van der Waals surface area contributed by atoms with E-state index < -0.39 is 0 Å². The number of amides is 1. The van der Waals surface area contributed by atoms with Crippen molar-refractivity contribution < 1.29 is 14.3 Å². The van der Waals surface area contributed by atoms with Crippen LogP contribution in [0.25, 0.3) is 0 Å². The fourth-order valence-electron chi connectivity index (χ4n) is 2.96. The summed E-state index contributed by atoms with van der Waals surface area (Å²) in [5, 5.41) is 6.18. The topological polar surface area (TPSA) is 72.5 Å². The number of aryl methyl sites for hydroxylation is 1. The van der Waals surface area contributed by atoms with Gasteiger partial charge in [-0.15, -0.1) is 0 Å². The van der Waals surface area contributed by atoms with Crippen molar-refractivity contribution >= 4 is 23.0 Å². The van der Waals surface area contributed by atoms with Crippen LogP contribution in [0, 0.1) is 13.8 Å². The van der Waals surface area contributed by atoms with Crippen molar-refractivity contribution in [1.29, 1.82) is 0 Å². The van der Waals surface area contributed by atoms with Crippen LogP contribution >= 0.6 is 0 Å². The van der Waals surface area contributed by atoms with Crippen LogP contribution in [-0.4, -0.2) is 24.1 Å². The minimum Gasteiger partial charge on any atom is -0.486 e. The molecule has 0 bridgehead atoms. The Balaban J connectivity index is 1.45. The van der Waals surface area contributed by atoms with Crippen molar-refractivity contribution in [2.75, 3.05) is 23.8 Å². The molecule has 2 heterocycles. The summed E-state index contributed by atoms with van der Waals surface area (Å²) in [4.78, 5) is 16.8. The monoisotopic (exact) mass is 375 g/mol. The van der Waals surface area contributed by atoms with Gasteiger partial charge in [0.05, 0.1) is 11.9 Å². The largest absolute Gasteiger partial charge is 0.486 e. The van der Waals surface area contributed by atoms with E-state index in [2.05, 4.69) is 15.6 Å². The molecule has 1 aromatic heterocycles. The molecule has 0 saturated carbocycles. The number of hydrogen-bond acceptors (Lipinski definition) is 5. The number of hydrogen-bond donors (Lipinski definition) is 2. The van der Waals surface area contributed by atoms with Crippen LogP contribution in [-0.2, 0) is 0 Å². The third kappa shape index (κ3) is 3.76. The van der Waals surface area contributed by atoms with Gasteiger partial charge in [0.15, 0.2) is 11.5 Å². The second-order valence-electron chi connectivity index (χ2n) is 6.62. The lowest BCUT2D eigenvalue weighted by molar-refractivity contribution is 0.102. The summed E-state index contributed by atoms with van der Waals surface area (Å²) in [5.41, 5.74) is 4.97. The zero-order chi connectivity index (χ0) is 19.5. The van der Waals surface area contributed by atoms with Crippen molar-refractivity contribution in [2.24, 2.45) is 0 Å². The number of aromatic nitrogens is 1. The molecule has 0 saturated heterocycles. The number of pyridine rings is 1. The van der Waals surface area contributed by atoms with Crippen molar-refractivity contribution in [3.05, 3.63) is 71.5 Å². The average molecular weight is 375 g/mol. The van der Waals surface area contributed by atoms with E-state index in [1.807, 2.05) is 56.3 Å². The lowest BCUT2D eigenvalue weighted by Gasteiger charge is -2.19. The second-order valence-corrected chi connectivity index (χ2v) is 6.62. The van der Waals surface area contributed by atoms with Gasteiger partial charge in [-0.3, -0.25) is 4.79 Å². The molecule has 3 aromatic rings. The Morgan fingerprint density at radius 1 is 0.964 bits per heavy atom. The zero-order valence-electron chi connectivity index (χ0n) is 15.8. The summed E-state index contributed by atoms with van der Waals surface area (Å²) < 4.78 is 11.1. The lowest BCUT2D eigenvalue weighted by atomic mass is 10.1. The molecule has 1 aliphatic rings. The first-order valence-corrected chi connectivity index (χ1v) is 9.10. The van der Waals surface area contributed by atoms with Gasteiger partial charge in [-0.05, 0) is 55.3 Å². The smallest absolute Gasteiger partial charge is 0.274 e. The first kappa shape index (κ1) is 17.9. The second kappa shape index (κ2) is 7.60. The average Bonchev–Trinajstić information content (AvgIpc) is 2.72. The fourth-order valence-corrected chi connectivity index (χ4v) is 2.96. The molecule has 0 radical (unpaired) electrons. The SMILES string of the molecule is Cc1cccc(NC(=O)c2ccc(Nc3ccc4c(c3)OCCO4)cn2)c1C. The Hall–Kier alpha value is -3.54. The van der Waals surface area contributed by atoms with Gasteiger partial charge in [0.25, 0.3) is 5.91 Å². The Bertz CT molecular complexity index is 1020. The highest BCUT2D eigenvalue weighted by molar-refractivity contribution is 6.03. The lowest BCUT2D eigenvalue weighted by Crippen LogP contribution is -2.15. The van der Waals surface area contributed by atoms with Crippen LogP contribution in [0.4, 0.5) is 17.1 Å². The van der Waals surface area contributed by atoms with Gasteiger partial charge in [0, 0.05) is 17.4 Å². The molecule has 0 aliphatic carbocycles. The molecule has 0 fully saturated rings. The van der Waals surface area contributed by atoms with Gasteiger partial charge < -0.3 is 20.1 Å². The predicted octanol–water partition coefficient (Wildman–Crippen LogP) is 4.47. The van der Waals surface area contributed by atoms with Crippen LogP contribution in [0.15, 0.2) is 54.7 Å². The Labute approximate surface area is 163 Å². The molecular weight excluding hydrogens is 354 g/mol. The third-order valence-corrected chi connectivity index (χ3v) is 4.68. The number of rotatable bonds is 4. The Morgan fingerprint density at radius 3 is 2.54 bits per heavy atom. The van der Waals surface area contributed by atoms with Gasteiger partial charge >= 0.3 is 0 Å². The highest BCUT2D eigenvalue weighted by Crippen LogP contribution is 2.33. The zero-order valence-corrected chi connectivity index (χ0v) is 15.8. The van der Waals surface area contributed by atoms with Gasteiger partial charge in [-0.1, -0.05) is 12.1 Å². The number of anilines is 3. The molecule has 6 nitrogen and oxygen atoms in total. The van der Waals surface area contributed by atoms with Crippen molar-refractivity contribution in [3.8, 4) is 11.5 Å². The minimum atomic E-state index is -0.237. The van der Waals surface area contributed by atoms with Crippen LogP contribution in [0.3, 0.4) is 0 Å². The van der Waals surface area contributed by atoms with E-state index in [9.17, 15) is 4.79 Å². The molecule has 0 spiro atoms. The molecule has 1 aliphatic heterocycles. The molecule has 1 amide bonds. The molecule has 2 aromatic carbocycles. The van der Waals surface area contributed by atoms with Crippen molar-refractivity contribution in [3.63, 3.8) is 0 Å². The summed E-state index contributed by atoms with van der Waals surface area (Å²) in [6.45, 7) is 5.11. The summed E-state index contributed by atoms with van der Waals surface area (Å²) in [6, 6.07) is 15.0. The standard InChI is InChI=1S/C22H21N3O3/c1-14-4-3-5-18(15(14)2)25-22(26)19-8-6-17(13-23-19)24-16-7-9-20-21(12-16)28-11-10-27-20/h3-9,12-13,24H,10-11H2,1-2H3,(H,25,26). The maximum atomic E-state index is 12.5.